The molecule has 0 aliphatic heterocycles. The van der Waals surface area contributed by atoms with Crippen LogP contribution in [-0.2, 0) is 4.79 Å². The van der Waals surface area contributed by atoms with Crippen LogP contribution in [0.1, 0.15) is 26.2 Å². The lowest BCUT2D eigenvalue weighted by Crippen LogP contribution is -2.55. The third-order valence-corrected chi connectivity index (χ3v) is 2.64. The number of aliphatic hydroxyl groups excluding tert-OH is 1. The number of aliphatic carboxylic acids is 1. The van der Waals surface area contributed by atoms with Gasteiger partial charge in [0.25, 0.3) is 0 Å². The first-order valence-electron chi connectivity index (χ1n) is 6.05. The number of nitrogens with two attached hydrogens (primary N) is 1. The van der Waals surface area contributed by atoms with Crippen LogP contribution in [-0.4, -0.2) is 58.1 Å². The summed E-state index contributed by atoms with van der Waals surface area (Å²) in [6.45, 7) is 1.94. The first kappa shape index (κ1) is 17.3. The van der Waals surface area contributed by atoms with Crippen molar-refractivity contribution in [3.8, 4) is 0 Å². The minimum Gasteiger partial charge on any atom is -0.480 e. The summed E-state index contributed by atoms with van der Waals surface area (Å²) < 4.78 is 0. The number of aliphatic hydroxyl groups is 1. The van der Waals surface area contributed by atoms with Crippen LogP contribution in [0.2, 0.25) is 6.32 Å². The first-order valence-corrected chi connectivity index (χ1v) is 6.05. The average Bonchev–Trinajstić information content (AvgIpc) is 2.23. The van der Waals surface area contributed by atoms with Crippen molar-refractivity contribution in [2.45, 2.75) is 44.1 Å². The molecule has 0 heterocycles. The van der Waals surface area contributed by atoms with E-state index in [0.29, 0.717) is 12.8 Å². The lowest BCUT2D eigenvalue weighted by atomic mass is 9.82. The molecule has 0 radical (unpaired) electrons. The largest absolute Gasteiger partial charge is 0.480 e. The van der Waals surface area contributed by atoms with Crippen molar-refractivity contribution in [1.29, 1.82) is 0 Å². The van der Waals surface area contributed by atoms with Crippen LogP contribution in [0.4, 0.5) is 0 Å². The molecule has 106 valence electrons. The standard InChI is InChI=1S/C10H23BN2O5/c1-8(14)6-13-7-10(12,9(15)16)4-2-3-5-11(17)18/h8,13-14,17-18H,2-7,12H2,1H3,(H,15,16). The van der Waals surface area contributed by atoms with Gasteiger partial charge in [0.05, 0.1) is 6.10 Å². The highest BCUT2D eigenvalue weighted by atomic mass is 16.4. The molecule has 0 aliphatic carbocycles. The highest BCUT2D eigenvalue weighted by Crippen LogP contribution is 2.13. The maximum absolute atomic E-state index is 11.1. The van der Waals surface area contributed by atoms with E-state index in [-0.39, 0.29) is 25.8 Å². The van der Waals surface area contributed by atoms with Crippen molar-refractivity contribution < 1.29 is 25.1 Å². The molecule has 0 amide bonds. The Hall–Kier alpha value is -0.665. The number of carboxylic acids is 1. The molecule has 0 bridgehead atoms. The Morgan fingerprint density at radius 2 is 2.06 bits per heavy atom. The molecule has 18 heavy (non-hydrogen) atoms. The fourth-order valence-electron chi connectivity index (χ4n) is 1.54. The van der Waals surface area contributed by atoms with E-state index in [1.165, 1.54) is 0 Å². The van der Waals surface area contributed by atoms with E-state index >= 15 is 0 Å². The zero-order valence-electron chi connectivity index (χ0n) is 10.7. The molecular formula is C10H23BN2O5. The minimum absolute atomic E-state index is 0.0644. The van der Waals surface area contributed by atoms with Crippen LogP contribution in [0.25, 0.3) is 0 Å². The summed E-state index contributed by atoms with van der Waals surface area (Å²) in [6.07, 6.45) is 0.878. The molecule has 8 heteroatoms. The fraction of sp³-hybridized carbons (Fsp3) is 0.900. The van der Waals surface area contributed by atoms with Crippen LogP contribution in [0.5, 0.6) is 0 Å². The molecule has 0 rings (SSSR count). The molecule has 0 aromatic rings. The lowest BCUT2D eigenvalue weighted by Gasteiger charge is -2.25. The molecule has 0 aromatic heterocycles. The Morgan fingerprint density at radius 1 is 1.44 bits per heavy atom. The van der Waals surface area contributed by atoms with Crippen molar-refractivity contribution in [2.24, 2.45) is 5.73 Å². The van der Waals surface area contributed by atoms with E-state index in [1.54, 1.807) is 6.92 Å². The number of rotatable bonds is 10. The second-order valence-electron chi connectivity index (χ2n) is 4.67. The van der Waals surface area contributed by atoms with Gasteiger partial charge < -0.3 is 31.3 Å². The molecule has 7 N–H and O–H groups in total. The zero-order valence-corrected chi connectivity index (χ0v) is 10.7. The summed E-state index contributed by atoms with van der Waals surface area (Å²) in [7, 11) is -1.37. The van der Waals surface area contributed by atoms with Gasteiger partial charge in [0, 0.05) is 13.1 Å². The maximum Gasteiger partial charge on any atom is 0.451 e. The Bertz CT molecular complexity index is 252. The van der Waals surface area contributed by atoms with E-state index in [9.17, 15) is 4.79 Å². The second kappa shape index (κ2) is 8.44. The van der Waals surface area contributed by atoms with Gasteiger partial charge in [-0.05, 0) is 19.7 Å². The van der Waals surface area contributed by atoms with Gasteiger partial charge in [-0.15, -0.1) is 0 Å². The van der Waals surface area contributed by atoms with Crippen molar-refractivity contribution >= 4 is 13.1 Å². The lowest BCUT2D eigenvalue weighted by molar-refractivity contribution is -0.143. The highest BCUT2D eigenvalue weighted by molar-refractivity contribution is 6.40. The molecule has 2 atom stereocenters. The zero-order chi connectivity index (χ0) is 14.2. The normalized spacial score (nSPS) is 16.1. The molecule has 0 spiro atoms. The number of nitrogens with one attached hydrogen (secondary N) is 1. The Balaban J connectivity index is 4.05. The van der Waals surface area contributed by atoms with E-state index in [4.69, 9.17) is 26.0 Å². The van der Waals surface area contributed by atoms with Crippen LogP contribution in [0.3, 0.4) is 0 Å². The molecule has 0 saturated heterocycles. The summed E-state index contributed by atoms with van der Waals surface area (Å²) in [5, 5.41) is 38.3. The molecule has 0 aromatic carbocycles. The minimum atomic E-state index is -1.39. The molecule has 0 fully saturated rings. The Kier molecular flexibility index (Phi) is 8.13. The van der Waals surface area contributed by atoms with Crippen LogP contribution in [0, 0.1) is 0 Å². The van der Waals surface area contributed by atoms with Crippen molar-refractivity contribution in [1.82, 2.24) is 5.32 Å². The summed E-state index contributed by atoms with van der Waals surface area (Å²) in [5.74, 6) is -1.11. The maximum atomic E-state index is 11.1. The predicted octanol–water partition coefficient (Wildman–Crippen LogP) is -1.62. The first-order chi connectivity index (χ1) is 8.28. The third-order valence-electron chi connectivity index (χ3n) is 2.64. The van der Waals surface area contributed by atoms with E-state index in [0.717, 1.165) is 0 Å². The van der Waals surface area contributed by atoms with Gasteiger partial charge in [-0.2, -0.15) is 0 Å². The van der Waals surface area contributed by atoms with Gasteiger partial charge in [0.1, 0.15) is 5.54 Å². The number of carboxylic acid groups (broad SMARTS) is 1. The summed E-state index contributed by atoms with van der Waals surface area (Å²) in [6, 6.07) is 0. The number of hydrogen-bond donors (Lipinski definition) is 6. The average molecular weight is 262 g/mol. The van der Waals surface area contributed by atoms with Crippen LogP contribution >= 0.6 is 0 Å². The summed E-state index contributed by atoms with van der Waals surface area (Å²) in [4.78, 5) is 11.1. The van der Waals surface area contributed by atoms with Crippen molar-refractivity contribution in [2.75, 3.05) is 13.1 Å². The molecule has 0 saturated carbocycles. The third kappa shape index (κ3) is 7.62. The van der Waals surface area contributed by atoms with Crippen LogP contribution in [0.15, 0.2) is 0 Å². The van der Waals surface area contributed by atoms with Gasteiger partial charge in [-0.3, -0.25) is 4.79 Å². The van der Waals surface area contributed by atoms with Crippen LogP contribution < -0.4 is 11.1 Å². The highest BCUT2D eigenvalue weighted by Gasteiger charge is 2.33. The van der Waals surface area contributed by atoms with Crippen molar-refractivity contribution in [3.05, 3.63) is 0 Å². The van der Waals surface area contributed by atoms with Gasteiger partial charge in [0.15, 0.2) is 0 Å². The van der Waals surface area contributed by atoms with Gasteiger partial charge >= 0.3 is 13.1 Å². The second-order valence-corrected chi connectivity index (χ2v) is 4.67. The van der Waals surface area contributed by atoms with Gasteiger partial charge in [0.2, 0.25) is 0 Å². The Morgan fingerprint density at radius 3 is 2.50 bits per heavy atom. The fourth-order valence-corrected chi connectivity index (χ4v) is 1.54. The Labute approximate surface area is 107 Å². The van der Waals surface area contributed by atoms with Gasteiger partial charge in [-0.1, -0.05) is 12.8 Å². The molecular weight excluding hydrogens is 239 g/mol. The summed E-state index contributed by atoms with van der Waals surface area (Å²) in [5.41, 5.74) is 4.38. The number of hydrogen-bond acceptors (Lipinski definition) is 6. The monoisotopic (exact) mass is 262 g/mol. The van der Waals surface area contributed by atoms with E-state index in [2.05, 4.69) is 5.32 Å². The predicted molar refractivity (Wildman–Crippen MR) is 68.0 cm³/mol. The number of carbonyl (C=O) groups is 1. The topological polar surface area (TPSA) is 136 Å². The van der Waals surface area contributed by atoms with E-state index in [1.807, 2.05) is 0 Å². The number of unbranched alkanes of at least 4 members (excludes halogenated alkanes) is 1. The quantitative estimate of drug-likeness (QED) is 0.206. The summed E-state index contributed by atoms with van der Waals surface area (Å²) >= 11 is 0. The SMILES string of the molecule is CC(O)CNCC(N)(CCCCB(O)O)C(=O)O. The molecule has 7 nitrogen and oxygen atoms in total. The molecule has 0 aliphatic rings. The van der Waals surface area contributed by atoms with E-state index < -0.39 is 24.7 Å². The smallest absolute Gasteiger partial charge is 0.451 e. The van der Waals surface area contributed by atoms with Crippen molar-refractivity contribution in [3.63, 3.8) is 0 Å². The molecule has 2 unspecified atom stereocenters. The van der Waals surface area contributed by atoms with Gasteiger partial charge in [-0.25, -0.2) is 0 Å².